The molecule has 2 aromatic rings. The predicted molar refractivity (Wildman–Crippen MR) is 120 cm³/mol. The van der Waals surface area contributed by atoms with E-state index >= 15 is 0 Å². The molecule has 0 spiro atoms. The molecule has 1 saturated carbocycles. The number of nitrogens with zero attached hydrogens (tertiary/aromatic N) is 3. The molecule has 1 aromatic carbocycles. The van der Waals surface area contributed by atoms with Gasteiger partial charge in [-0.05, 0) is 76.1 Å². The number of aromatic amines is 1. The van der Waals surface area contributed by atoms with Crippen LogP contribution >= 0.6 is 0 Å². The number of hydrogen-bond donors (Lipinski definition) is 1. The highest BCUT2D eigenvalue weighted by Crippen LogP contribution is 2.28. The molecule has 2 heterocycles. The fourth-order valence-corrected chi connectivity index (χ4v) is 5.25. The highest BCUT2D eigenvalue weighted by Gasteiger charge is 2.27. The summed E-state index contributed by atoms with van der Waals surface area (Å²) in [7, 11) is 0. The first kappa shape index (κ1) is 20.6. The van der Waals surface area contributed by atoms with Gasteiger partial charge in [-0.15, -0.1) is 0 Å². The molecule has 158 valence electrons. The highest BCUT2D eigenvalue weighted by molar-refractivity contribution is 5.25. The van der Waals surface area contributed by atoms with Gasteiger partial charge in [0.15, 0.2) is 0 Å². The van der Waals surface area contributed by atoms with Gasteiger partial charge in [0.05, 0.1) is 6.54 Å². The lowest BCUT2D eigenvalue weighted by molar-refractivity contribution is 0.111. The Morgan fingerprint density at radius 2 is 1.83 bits per heavy atom. The first-order chi connectivity index (χ1) is 14.2. The van der Waals surface area contributed by atoms with Gasteiger partial charge in [0, 0.05) is 31.0 Å². The molecule has 1 aliphatic heterocycles. The Hall–Kier alpha value is -1.65. The molecule has 0 radical (unpaired) electrons. The van der Waals surface area contributed by atoms with Crippen molar-refractivity contribution in [3.05, 3.63) is 53.1 Å². The average Bonchev–Trinajstić information content (AvgIpc) is 3.40. The van der Waals surface area contributed by atoms with Crippen LogP contribution < -0.4 is 0 Å². The molecular formula is C25H38N4. The molecule has 1 aromatic heterocycles. The number of rotatable bonds is 8. The number of H-pyrrole nitrogens is 1. The van der Waals surface area contributed by atoms with Gasteiger partial charge in [0.2, 0.25) is 0 Å². The van der Waals surface area contributed by atoms with E-state index in [9.17, 15) is 0 Å². The van der Waals surface area contributed by atoms with E-state index in [0.29, 0.717) is 0 Å². The summed E-state index contributed by atoms with van der Waals surface area (Å²) in [6.07, 6.45) is 11.4. The summed E-state index contributed by atoms with van der Waals surface area (Å²) in [4.78, 5) is 13.5. The second-order valence-corrected chi connectivity index (χ2v) is 9.34. The van der Waals surface area contributed by atoms with Crippen LogP contribution in [0.3, 0.4) is 0 Å². The number of nitrogens with one attached hydrogen (secondary N) is 1. The molecule has 0 amide bonds. The monoisotopic (exact) mass is 394 g/mol. The SMILES string of the molecule is Cc1cnc(CN(CC2CCN(CCc3ccccc3C)CC2)C2CCCC2)[nH]1. The van der Waals surface area contributed by atoms with Gasteiger partial charge in [-0.25, -0.2) is 4.98 Å². The Morgan fingerprint density at radius 1 is 1.07 bits per heavy atom. The number of aromatic nitrogens is 2. The molecule has 2 fully saturated rings. The lowest BCUT2D eigenvalue weighted by Crippen LogP contribution is -2.42. The largest absolute Gasteiger partial charge is 0.345 e. The summed E-state index contributed by atoms with van der Waals surface area (Å²) in [5.74, 6) is 1.98. The second-order valence-electron chi connectivity index (χ2n) is 9.34. The Morgan fingerprint density at radius 3 is 2.52 bits per heavy atom. The summed E-state index contributed by atoms with van der Waals surface area (Å²) in [5, 5.41) is 0. The predicted octanol–water partition coefficient (Wildman–Crippen LogP) is 4.73. The van der Waals surface area contributed by atoms with Crippen molar-refractivity contribution in [2.24, 2.45) is 5.92 Å². The first-order valence-electron chi connectivity index (χ1n) is 11.7. The molecule has 0 bridgehead atoms. The maximum atomic E-state index is 4.59. The Bertz CT molecular complexity index is 754. The van der Waals surface area contributed by atoms with Crippen LogP contribution in [0.1, 0.15) is 61.2 Å². The van der Waals surface area contributed by atoms with Crippen molar-refractivity contribution >= 4 is 0 Å². The molecule has 0 atom stereocenters. The molecular weight excluding hydrogens is 356 g/mol. The van der Waals surface area contributed by atoms with Crippen LogP contribution in [0.5, 0.6) is 0 Å². The van der Waals surface area contributed by atoms with Crippen molar-refractivity contribution in [1.82, 2.24) is 19.8 Å². The zero-order chi connectivity index (χ0) is 20.1. The summed E-state index contributed by atoms with van der Waals surface area (Å²) in [6, 6.07) is 9.61. The Balaban J connectivity index is 1.26. The van der Waals surface area contributed by atoms with E-state index in [2.05, 4.69) is 57.9 Å². The van der Waals surface area contributed by atoms with E-state index in [1.54, 1.807) is 0 Å². The number of likely N-dealkylation sites (tertiary alicyclic amines) is 1. The van der Waals surface area contributed by atoms with Crippen molar-refractivity contribution in [3.63, 3.8) is 0 Å². The van der Waals surface area contributed by atoms with Crippen LogP contribution in [-0.4, -0.2) is 52.0 Å². The van der Waals surface area contributed by atoms with E-state index in [-0.39, 0.29) is 0 Å². The van der Waals surface area contributed by atoms with Crippen LogP contribution in [0, 0.1) is 19.8 Å². The summed E-state index contributed by atoms with van der Waals surface area (Å²) >= 11 is 0. The number of piperidine rings is 1. The smallest absolute Gasteiger partial charge is 0.120 e. The zero-order valence-corrected chi connectivity index (χ0v) is 18.4. The van der Waals surface area contributed by atoms with Gasteiger partial charge in [-0.2, -0.15) is 0 Å². The maximum absolute atomic E-state index is 4.59. The quantitative estimate of drug-likeness (QED) is 0.703. The van der Waals surface area contributed by atoms with Gasteiger partial charge >= 0.3 is 0 Å². The van der Waals surface area contributed by atoms with Crippen LogP contribution in [0.4, 0.5) is 0 Å². The molecule has 29 heavy (non-hydrogen) atoms. The summed E-state index contributed by atoms with van der Waals surface area (Å²) in [5.41, 5.74) is 4.12. The topological polar surface area (TPSA) is 35.2 Å². The van der Waals surface area contributed by atoms with Crippen LogP contribution in [0.25, 0.3) is 0 Å². The highest BCUT2D eigenvalue weighted by atomic mass is 15.2. The molecule has 1 N–H and O–H groups in total. The minimum Gasteiger partial charge on any atom is -0.345 e. The van der Waals surface area contributed by atoms with E-state index in [1.165, 1.54) is 87.9 Å². The van der Waals surface area contributed by atoms with Gasteiger partial charge < -0.3 is 9.88 Å². The van der Waals surface area contributed by atoms with Gasteiger partial charge in [0.25, 0.3) is 0 Å². The van der Waals surface area contributed by atoms with Crippen LogP contribution in [0.15, 0.2) is 30.5 Å². The standard InChI is InChI=1S/C25H38N4/c1-20-7-3-4-8-23(20)13-16-28-14-11-22(12-15-28)18-29(24-9-5-6-10-24)19-25-26-17-21(2)27-25/h3-4,7-8,17,22,24H,5-6,9-16,18-19H2,1-2H3,(H,26,27). The third kappa shape index (κ3) is 5.70. The minimum absolute atomic E-state index is 0.763. The van der Waals surface area contributed by atoms with Gasteiger partial charge in [-0.3, -0.25) is 4.90 Å². The summed E-state index contributed by atoms with van der Waals surface area (Å²) < 4.78 is 0. The molecule has 4 nitrogen and oxygen atoms in total. The molecule has 1 aliphatic carbocycles. The van der Waals surface area contributed by atoms with Crippen LogP contribution in [-0.2, 0) is 13.0 Å². The van der Waals surface area contributed by atoms with Gasteiger partial charge in [-0.1, -0.05) is 37.1 Å². The van der Waals surface area contributed by atoms with E-state index in [4.69, 9.17) is 0 Å². The fourth-order valence-electron chi connectivity index (χ4n) is 5.25. The van der Waals surface area contributed by atoms with Crippen molar-refractivity contribution in [2.75, 3.05) is 26.2 Å². The van der Waals surface area contributed by atoms with Crippen LogP contribution in [0.2, 0.25) is 0 Å². The van der Waals surface area contributed by atoms with Gasteiger partial charge in [0.1, 0.15) is 5.82 Å². The number of hydrogen-bond acceptors (Lipinski definition) is 3. The fraction of sp³-hybridized carbons (Fsp3) is 0.640. The minimum atomic E-state index is 0.763. The third-order valence-electron chi connectivity index (χ3n) is 7.11. The average molecular weight is 395 g/mol. The third-order valence-corrected chi connectivity index (χ3v) is 7.11. The first-order valence-corrected chi connectivity index (χ1v) is 11.7. The van der Waals surface area contributed by atoms with Crippen molar-refractivity contribution in [2.45, 2.75) is 71.4 Å². The lowest BCUT2D eigenvalue weighted by atomic mass is 9.94. The van der Waals surface area contributed by atoms with E-state index in [0.717, 1.165) is 24.3 Å². The number of imidazole rings is 1. The lowest BCUT2D eigenvalue weighted by Gasteiger charge is -2.37. The van der Waals surface area contributed by atoms with E-state index < -0.39 is 0 Å². The van der Waals surface area contributed by atoms with E-state index in [1.807, 2.05) is 6.20 Å². The molecule has 4 heteroatoms. The number of aryl methyl sites for hydroxylation is 2. The normalized spacial score (nSPS) is 19.4. The molecule has 1 saturated heterocycles. The molecule has 4 rings (SSSR count). The number of benzene rings is 1. The zero-order valence-electron chi connectivity index (χ0n) is 18.4. The summed E-state index contributed by atoms with van der Waals surface area (Å²) in [6.45, 7) is 10.3. The van der Waals surface area contributed by atoms with Crippen molar-refractivity contribution < 1.29 is 0 Å². The van der Waals surface area contributed by atoms with Crippen molar-refractivity contribution in [3.8, 4) is 0 Å². The molecule has 2 aliphatic rings. The van der Waals surface area contributed by atoms with Crippen molar-refractivity contribution in [1.29, 1.82) is 0 Å². The Labute approximate surface area is 176 Å². The Kier molecular flexibility index (Phi) is 7.04. The second kappa shape index (κ2) is 9.90. The maximum Gasteiger partial charge on any atom is 0.120 e. The molecule has 0 unspecified atom stereocenters.